The molecular formula is C27H33FN2O4S2. The predicted molar refractivity (Wildman–Crippen MR) is 143 cm³/mol. The Balaban J connectivity index is 1.43. The van der Waals surface area contributed by atoms with Gasteiger partial charge in [0.15, 0.2) is 0 Å². The number of carboxylic acids is 1. The number of piperidine rings is 1. The third kappa shape index (κ3) is 6.56. The van der Waals surface area contributed by atoms with E-state index in [4.69, 9.17) is 4.74 Å². The molecule has 0 saturated carbocycles. The molecule has 0 radical (unpaired) electrons. The van der Waals surface area contributed by atoms with Gasteiger partial charge in [-0.2, -0.15) is 0 Å². The second kappa shape index (κ2) is 12.4. The van der Waals surface area contributed by atoms with Crippen molar-refractivity contribution in [1.82, 2.24) is 9.88 Å². The van der Waals surface area contributed by atoms with Crippen molar-refractivity contribution in [2.75, 3.05) is 32.5 Å². The molecule has 1 atom stereocenters. The molecule has 1 aromatic carbocycles. The van der Waals surface area contributed by atoms with Crippen molar-refractivity contribution < 1.29 is 24.1 Å². The second-order valence-corrected chi connectivity index (χ2v) is 11.8. The lowest BCUT2D eigenvalue weighted by Crippen LogP contribution is -2.42. The Morgan fingerprint density at radius 2 is 2.14 bits per heavy atom. The number of thioether (sulfide) groups is 1. The van der Waals surface area contributed by atoms with Crippen LogP contribution in [-0.2, 0) is 11.4 Å². The number of thiophene rings is 1. The smallest absolute Gasteiger partial charge is 0.303 e. The number of benzene rings is 1. The molecule has 2 aromatic heterocycles. The number of methoxy groups -OCH3 is 1. The van der Waals surface area contributed by atoms with E-state index in [0.29, 0.717) is 34.2 Å². The number of alkyl halides is 1. The fraction of sp³-hybridized carbons (Fsp3) is 0.481. The molecule has 0 aliphatic carbocycles. The van der Waals surface area contributed by atoms with E-state index in [9.17, 15) is 15.0 Å². The highest BCUT2D eigenvalue weighted by molar-refractivity contribution is 8.01. The summed E-state index contributed by atoms with van der Waals surface area (Å²) in [5.41, 5.74) is 1.09. The van der Waals surface area contributed by atoms with Crippen LogP contribution in [0, 0.1) is 5.41 Å². The van der Waals surface area contributed by atoms with Crippen LogP contribution < -0.4 is 4.74 Å². The molecule has 1 saturated heterocycles. The Morgan fingerprint density at radius 1 is 1.33 bits per heavy atom. The topological polar surface area (TPSA) is 82.9 Å². The molecule has 1 aliphatic rings. The maximum Gasteiger partial charge on any atom is 0.303 e. The number of aliphatic hydroxyl groups is 1. The van der Waals surface area contributed by atoms with E-state index in [2.05, 4.69) is 27.4 Å². The summed E-state index contributed by atoms with van der Waals surface area (Å²) in [6.45, 7) is 2.30. The first-order chi connectivity index (χ1) is 17.4. The van der Waals surface area contributed by atoms with Gasteiger partial charge in [0.2, 0.25) is 0 Å². The van der Waals surface area contributed by atoms with Crippen LogP contribution in [0.2, 0.25) is 0 Å². The standard InChI is InChI=1S/C27H33FN2O4S2/c1-34-20-4-5-23-21(15-20)26(19(18-31)17-29-23)22(28)6-7-27(16-24(32)33)8-10-30(11-9-27)12-14-36-25-3-2-13-35-25/h2-5,13,15,17,22,31H,6-12,14,16,18H2,1H3,(H,32,33)/t22-/m0/s1. The monoisotopic (exact) mass is 532 g/mol. The molecule has 1 fully saturated rings. The fourth-order valence-corrected chi connectivity index (χ4v) is 7.00. The van der Waals surface area contributed by atoms with Gasteiger partial charge in [-0.05, 0) is 73.8 Å². The van der Waals surface area contributed by atoms with Gasteiger partial charge < -0.3 is 19.8 Å². The highest BCUT2D eigenvalue weighted by Gasteiger charge is 2.37. The molecule has 0 spiro atoms. The fourth-order valence-electron chi connectivity index (χ4n) is 5.14. The molecule has 0 amide bonds. The zero-order valence-corrected chi connectivity index (χ0v) is 22.1. The van der Waals surface area contributed by atoms with Crippen molar-refractivity contribution >= 4 is 40.0 Å². The van der Waals surface area contributed by atoms with Gasteiger partial charge in [0.25, 0.3) is 0 Å². The second-order valence-electron chi connectivity index (χ2n) is 9.44. The van der Waals surface area contributed by atoms with Gasteiger partial charge in [-0.1, -0.05) is 6.07 Å². The number of rotatable bonds is 12. The number of fused-ring (bicyclic) bond motifs is 1. The minimum Gasteiger partial charge on any atom is -0.497 e. The van der Waals surface area contributed by atoms with Gasteiger partial charge in [0, 0.05) is 35.0 Å². The summed E-state index contributed by atoms with van der Waals surface area (Å²) in [4.78, 5) is 18.5. The van der Waals surface area contributed by atoms with Crippen molar-refractivity contribution in [3.63, 3.8) is 0 Å². The molecule has 0 unspecified atom stereocenters. The summed E-state index contributed by atoms with van der Waals surface area (Å²) in [6, 6.07) is 9.49. The SMILES string of the molecule is COc1ccc2ncc(CO)c([C@@H](F)CCC3(CC(=O)O)CCN(CCSc4cccs4)CC3)c2c1. The Kier molecular flexibility index (Phi) is 9.22. The van der Waals surface area contributed by atoms with Crippen molar-refractivity contribution in [3.8, 4) is 5.75 Å². The highest BCUT2D eigenvalue weighted by atomic mass is 32.2. The van der Waals surface area contributed by atoms with E-state index < -0.39 is 17.6 Å². The van der Waals surface area contributed by atoms with Gasteiger partial charge in [-0.15, -0.1) is 23.1 Å². The first-order valence-electron chi connectivity index (χ1n) is 12.2. The summed E-state index contributed by atoms with van der Waals surface area (Å²) in [5.74, 6) is 0.767. The Morgan fingerprint density at radius 3 is 2.81 bits per heavy atom. The van der Waals surface area contributed by atoms with Crippen molar-refractivity contribution in [2.45, 2.75) is 49.1 Å². The first kappa shape index (κ1) is 26.9. The minimum atomic E-state index is -1.34. The number of hydrogen-bond donors (Lipinski definition) is 2. The molecule has 2 N–H and O–H groups in total. The van der Waals surface area contributed by atoms with E-state index in [-0.39, 0.29) is 19.4 Å². The maximum atomic E-state index is 15.8. The number of halogens is 1. The lowest BCUT2D eigenvalue weighted by Gasteiger charge is -2.41. The van der Waals surface area contributed by atoms with E-state index >= 15 is 4.39 Å². The molecule has 3 heterocycles. The van der Waals surface area contributed by atoms with Crippen LogP contribution in [0.15, 0.2) is 46.1 Å². The predicted octanol–water partition coefficient (Wildman–Crippen LogP) is 5.94. The third-order valence-electron chi connectivity index (χ3n) is 7.20. The molecule has 36 heavy (non-hydrogen) atoms. The molecule has 4 rings (SSSR count). The number of nitrogens with zero attached hydrogens (tertiary/aromatic N) is 2. The number of aliphatic hydroxyl groups excluding tert-OH is 1. The van der Waals surface area contributed by atoms with E-state index in [1.54, 1.807) is 36.6 Å². The number of carboxylic acid groups (broad SMARTS) is 1. The Hall–Kier alpha value is -2.20. The molecule has 0 bridgehead atoms. The Labute approximate surface area is 219 Å². The van der Waals surface area contributed by atoms with Crippen LogP contribution in [-0.4, -0.2) is 58.6 Å². The van der Waals surface area contributed by atoms with E-state index in [0.717, 1.165) is 38.2 Å². The Bertz CT molecular complexity index is 1140. The van der Waals surface area contributed by atoms with Gasteiger partial charge >= 0.3 is 5.97 Å². The average Bonchev–Trinajstić information content (AvgIpc) is 3.40. The van der Waals surface area contributed by atoms with Gasteiger partial charge in [0.1, 0.15) is 11.9 Å². The molecule has 9 heteroatoms. The van der Waals surface area contributed by atoms with Crippen LogP contribution in [0.5, 0.6) is 5.75 Å². The van der Waals surface area contributed by atoms with E-state index in [1.807, 2.05) is 11.8 Å². The lowest BCUT2D eigenvalue weighted by molar-refractivity contribution is -0.141. The maximum absolute atomic E-state index is 15.8. The molecule has 1 aliphatic heterocycles. The van der Waals surface area contributed by atoms with Gasteiger partial charge in [-0.25, -0.2) is 4.39 Å². The van der Waals surface area contributed by atoms with Crippen LogP contribution in [0.25, 0.3) is 10.9 Å². The zero-order chi connectivity index (χ0) is 25.5. The van der Waals surface area contributed by atoms with Crippen LogP contribution in [0.1, 0.15) is 49.4 Å². The largest absolute Gasteiger partial charge is 0.497 e. The number of aromatic nitrogens is 1. The average molecular weight is 533 g/mol. The number of pyridine rings is 1. The van der Waals surface area contributed by atoms with Crippen molar-refractivity contribution in [3.05, 3.63) is 53.0 Å². The molecule has 3 aromatic rings. The van der Waals surface area contributed by atoms with Gasteiger partial charge in [0.05, 0.1) is 29.9 Å². The van der Waals surface area contributed by atoms with Crippen LogP contribution in [0.4, 0.5) is 4.39 Å². The number of likely N-dealkylation sites (tertiary alicyclic amines) is 1. The number of aliphatic carboxylic acids is 1. The highest BCUT2D eigenvalue weighted by Crippen LogP contribution is 2.43. The van der Waals surface area contributed by atoms with Gasteiger partial charge in [-0.3, -0.25) is 9.78 Å². The van der Waals surface area contributed by atoms with Crippen LogP contribution >= 0.6 is 23.1 Å². The number of hydrogen-bond acceptors (Lipinski definition) is 7. The van der Waals surface area contributed by atoms with Crippen molar-refractivity contribution in [1.29, 1.82) is 0 Å². The normalized spacial score (nSPS) is 16.8. The summed E-state index contributed by atoms with van der Waals surface area (Å²) in [7, 11) is 1.56. The quantitative estimate of drug-likeness (QED) is 0.280. The number of carbonyl (C=O) groups is 1. The van der Waals surface area contributed by atoms with Crippen LogP contribution in [0.3, 0.4) is 0 Å². The first-order valence-corrected chi connectivity index (χ1v) is 14.1. The summed E-state index contributed by atoms with van der Waals surface area (Å²) < 4.78 is 22.5. The van der Waals surface area contributed by atoms with Crippen molar-refractivity contribution in [2.24, 2.45) is 5.41 Å². The summed E-state index contributed by atoms with van der Waals surface area (Å²) >= 11 is 3.59. The molecule has 194 valence electrons. The summed E-state index contributed by atoms with van der Waals surface area (Å²) in [6.07, 6.45) is 2.41. The third-order valence-corrected chi connectivity index (χ3v) is 9.31. The summed E-state index contributed by atoms with van der Waals surface area (Å²) in [5, 5.41) is 22.2. The van der Waals surface area contributed by atoms with E-state index in [1.165, 1.54) is 10.4 Å². The zero-order valence-electron chi connectivity index (χ0n) is 20.5. The lowest BCUT2D eigenvalue weighted by atomic mass is 9.71. The minimum absolute atomic E-state index is 0.0509. The molecular weight excluding hydrogens is 499 g/mol. The molecule has 6 nitrogen and oxygen atoms in total. The number of ether oxygens (including phenoxy) is 1.